The van der Waals surface area contributed by atoms with Crippen molar-refractivity contribution in [2.75, 3.05) is 47.1 Å². The van der Waals surface area contributed by atoms with E-state index in [-0.39, 0.29) is 5.57 Å². The van der Waals surface area contributed by atoms with Crippen LogP contribution in [0.1, 0.15) is 6.92 Å². The van der Waals surface area contributed by atoms with Crippen molar-refractivity contribution in [2.24, 2.45) is 0 Å². The molecule has 0 rings (SSSR count). The maximum Gasteiger partial charge on any atom is 0.346 e. The zero-order valence-electron chi connectivity index (χ0n) is 12.4. The Morgan fingerprint density at radius 2 is 1.85 bits per heavy atom. The van der Waals surface area contributed by atoms with Crippen LogP contribution in [0.5, 0.6) is 0 Å². The summed E-state index contributed by atoms with van der Waals surface area (Å²) in [5.41, 5.74) is 0.196. The van der Waals surface area contributed by atoms with Crippen LogP contribution in [0.15, 0.2) is 23.9 Å². The van der Waals surface area contributed by atoms with Gasteiger partial charge in [-0.05, 0) is 25.3 Å². The lowest BCUT2D eigenvalue weighted by Crippen LogP contribution is -2.25. The van der Waals surface area contributed by atoms with Crippen LogP contribution in [0, 0.1) is 12.3 Å². The first kappa shape index (κ1) is 18.2. The monoisotopic (exact) mass is 281 g/mol. The van der Waals surface area contributed by atoms with Gasteiger partial charge in [-0.15, -0.1) is 6.42 Å². The van der Waals surface area contributed by atoms with Crippen molar-refractivity contribution in [1.82, 2.24) is 4.90 Å². The molecule has 0 radical (unpaired) electrons. The van der Waals surface area contributed by atoms with Gasteiger partial charge in [0.1, 0.15) is 5.57 Å². The van der Waals surface area contributed by atoms with Crippen LogP contribution in [0.2, 0.25) is 0 Å². The summed E-state index contributed by atoms with van der Waals surface area (Å²) in [6.07, 6.45) is 10.4. The van der Waals surface area contributed by atoms with Crippen molar-refractivity contribution < 1.29 is 19.0 Å². The number of carbonyl (C=O) groups is 1. The van der Waals surface area contributed by atoms with E-state index in [4.69, 9.17) is 20.6 Å². The molecule has 20 heavy (non-hydrogen) atoms. The number of hydrogen-bond acceptors (Lipinski definition) is 5. The number of nitrogens with zero attached hydrogens (tertiary/aromatic N) is 1. The van der Waals surface area contributed by atoms with Crippen LogP contribution in [-0.2, 0) is 19.0 Å². The highest BCUT2D eigenvalue weighted by Crippen LogP contribution is 1.99. The Hall–Kier alpha value is -1.77. The zero-order valence-corrected chi connectivity index (χ0v) is 12.4. The average Bonchev–Trinajstić information content (AvgIpc) is 2.45. The molecular weight excluding hydrogens is 258 g/mol. The minimum atomic E-state index is -0.486. The summed E-state index contributed by atoms with van der Waals surface area (Å²) in [6, 6.07) is 0. The number of terminal acetylenes is 1. The van der Waals surface area contributed by atoms with Crippen LogP contribution in [-0.4, -0.2) is 58.0 Å². The topological polar surface area (TPSA) is 48.0 Å². The largest absolute Gasteiger partial charge is 0.462 e. The Balaban J connectivity index is 4.57. The predicted octanol–water partition coefficient (Wildman–Crippen LogP) is 1.22. The van der Waals surface area contributed by atoms with Crippen molar-refractivity contribution in [3.05, 3.63) is 23.9 Å². The smallest absolute Gasteiger partial charge is 0.346 e. The number of carbonyl (C=O) groups excluding carboxylic acids is 1. The SMILES string of the molecule is C#C/C(=C\C=C\N(CCOC)CCOC)C(=O)OCC. The van der Waals surface area contributed by atoms with Gasteiger partial charge in [0.25, 0.3) is 0 Å². The van der Waals surface area contributed by atoms with Gasteiger partial charge >= 0.3 is 5.97 Å². The van der Waals surface area contributed by atoms with Gasteiger partial charge in [0, 0.05) is 27.3 Å². The quantitative estimate of drug-likeness (QED) is 0.261. The highest BCUT2D eigenvalue weighted by Gasteiger charge is 2.05. The Labute approximate surface area is 121 Å². The van der Waals surface area contributed by atoms with E-state index in [1.165, 1.54) is 0 Å². The van der Waals surface area contributed by atoms with Crippen LogP contribution >= 0.6 is 0 Å². The molecule has 0 aliphatic carbocycles. The molecule has 112 valence electrons. The maximum atomic E-state index is 11.5. The van der Waals surface area contributed by atoms with Gasteiger partial charge in [0.05, 0.1) is 19.8 Å². The first-order chi connectivity index (χ1) is 9.69. The summed E-state index contributed by atoms with van der Waals surface area (Å²) < 4.78 is 14.9. The molecule has 0 heterocycles. The lowest BCUT2D eigenvalue weighted by molar-refractivity contribution is -0.137. The Kier molecular flexibility index (Phi) is 11.2. The van der Waals surface area contributed by atoms with Crippen LogP contribution in [0.25, 0.3) is 0 Å². The first-order valence-electron chi connectivity index (χ1n) is 6.43. The summed E-state index contributed by atoms with van der Waals surface area (Å²) >= 11 is 0. The lowest BCUT2D eigenvalue weighted by atomic mass is 10.2. The second-order valence-corrected chi connectivity index (χ2v) is 3.81. The Morgan fingerprint density at radius 1 is 1.25 bits per heavy atom. The van der Waals surface area contributed by atoms with Crippen LogP contribution in [0.3, 0.4) is 0 Å². The second kappa shape index (κ2) is 12.3. The molecule has 0 spiro atoms. The maximum absolute atomic E-state index is 11.5. The van der Waals surface area contributed by atoms with E-state index in [1.807, 2.05) is 11.1 Å². The van der Waals surface area contributed by atoms with Crippen molar-refractivity contribution >= 4 is 5.97 Å². The van der Waals surface area contributed by atoms with Gasteiger partial charge < -0.3 is 19.1 Å². The number of ether oxygens (including phenoxy) is 3. The summed E-state index contributed by atoms with van der Waals surface area (Å²) in [6.45, 7) is 4.72. The molecule has 0 saturated heterocycles. The van der Waals surface area contributed by atoms with Gasteiger partial charge in [0.2, 0.25) is 0 Å². The van der Waals surface area contributed by atoms with E-state index < -0.39 is 5.97 Å². The van der Waals surface area contributed by atoms with E-state index in [1.54, 1.807) is 33.3 Å². The summed E-state index contributed by atoms with van der Waals surface area (Å²) in [4.78, 5) is 13.5. The zero-order chi connectivity index (χ0) is 15.2. The lowest BCUT2D eigenvalue weighted by Gasteiger charge is -2.19. The standard InChI is InChI=1S/C15H23NO4/c1-5-14(15(17)20-6-2)8-7-9-16(10-12-18-3)11-13-19-4/h1,7-9H,6,10-13H2,2-4H3/b9-7+,14-8+. The molecule has 0 aromatic carbocycles. The Morgan fingerprint density at radius 3 is 2.30 bits per heavy atom. The van der Waals surface area contributed by atoms with Crippen molar-refractivity contribution in [2.45, 2.75) is 6.92 Å². The normalized spacial score (nSPS) is 11.4. The van der Waals surface area contributed by atoms with E-state index in [0.29, 0.717) is 19.8 Å². The third kappa shape index (κ3) is 8.35. The molecule has 5 nitrogen and oxygen atoms in total. The van der Waals surface area contributed by atoms with Gasteiger partial charge in [-0.2, -0.15) is 0 Å². The third-order valence-electron chi connectivity index (χ3n) is 2.38. The number of methoxy groups -OCH3 is 2. The van der Waals surface area contributed by atoms with Gasteiger partial charge in [0.15, 0.2) is 0 Å². The first-order valence-corrected chi connectivity index (χ1v) is 6.43. The summed E-state index contributed by atoms with van der Waals surface area (Å²) in [5, 5.41) is 0. The Bertz CT molecular complexity index is 361. The van der Waals surface area contributed by atoms with E-state index in [2.05, 4.69) is 5.92 Å². The fraction of sp³-hybridized carbons (Fsp3) is 0.533. The van der Waals surface area contributed by atoms with Gasteiger partial charge in [-0.1, -0.05) is 5.92 Å². The minimum absolute atomic E-state index is 0.196. The van der Waals surface area contributed by atoms with E-state index >= 15 is 0 Å². The van der Waals surface area contributed by atoms with Crippen molar-refractivity contribution in [3.63, 3.8) is 0 Å². The molecular formula is C15H23NO4. The number of allylic oxidation sites excluding steroid dienone is 2. The van der Waals surface area contributed by atoms with E-state index in [0.717, 1.165) is 13.1 Å². The van der Waals surface area contributed by atoms with Crippen LogP contribution in [0.4, 0.5) is 0 Å². The number of rotatable bonds is 10. The third-order valence-corrected chi connectivity index (χ3v) is 2.38. The molecule has 0 bridgehead atoms. The fourth-order valence-corrected chi connectivity index (χ4v) is 1.32. The molecule has 0 aliphatic rings. The molecule has 0 fully saturated rings. The molecule has 0 aromatic rings. The van der Waals surface area contributed by atoms with Crippen LogP contribution < -0.4 is 0 Å². The molecule has 0 aromatic heterocycles. The van der Waals surface area contributed by atoms with Crippen molar-refractivity contribution in [1.29, 1.82) is 0 Å². The second-order valence-electron chi connectivity index (χ2n) is 3.81. The molecule has 0 N–H and O–H groups in total. The highest BCUT2D eigenvalue weighted by molar-refractivity contribution is 5.93. The molecule has 0 saturated carbocycles. The fourth-order valence-electron chi connectivity index (χ4n) is 1.32. The number of esters is 1. The average molecular weight is 281 g/mol. The number of hydrogen-bond donors (Lipinski definition) is 0. The summed E-state index contributed by atoms with van der Waals surface area (Å²) in [7, 11) is 3.30. The summed E-state index contributed by atoms with van der Waals surface area (Å²) in [5.74, 6) is 1.83. The predicted molar refractivity (Wildman–Crippen MR) is 78.0 cm³/mol. The minimum Gasteiger partial charge on any atom is -0.462 e. The molecule has 0 amide bonds. The molecule has 0 unspecified atom stereocenters. The van der Waals surface area contributed by atoms with Gasteiger partial charge in [-0.3, -0.25) is 0 Å². The molecule has 0 aliphatic heterocycles. The van der Waals surface area contributed by atoms with Crippen molar-refractivity contribution in [3.8, 4) is 12.3 Å². The van der Waals surface area contributed by atoms with E-state index in [9.17, 15) is 4.79 Å². The molecule has 5 heteroatoms. The van der Waals surface area contributed by atoms with Gasteiger partial charge in [-0.25, -0.2) is 4.79 Å². The highest BCUT2D eigenvalue weighted by atomic mass is 16.5. The molecule has 0 atom stereocenters.